The van der Waals surface area contributed by atoms with Gasteiger partial charge in [0.1, 0.15) is 19.6 Å². The van der Waals surface area contributed by atoms with Gasteiger partial charge in [0.25, 0.3) is 0 Å². The highest BCUT2D eigenvalue weighted by Gasteiger charge is 2.39. The van der Waals surface area contributed by atoms with E-state index in [1.165, 1.54) is 0 Å². The highest BCUT2D eigenvalue weighted by atomic mass is 19.4. The Hall–Kier alpha value is -2.05. The Morgan fingerprint density at radius 1 is 1.28 bits per heavy atom. The van der Waals surface area contributed by atoms with E-state index in [4.69, 9.17) is 0 Å². The molecule has 1 aliphatic rings. The van der Waals surface area contributed by atoms with E-state index in [0.29, 0.717) is 11.9 Å². The molecule has 0 bridgehead atoms. The van der Waals surface area contributed by atoms with Crippen molar-refractivity contribution in [2.75, 3.05) is 13.2 Å². The number of ketones is 1. The summed E-state index contributed by atoms with van der Waals surface area (Å²) >= 11 is 0. The lowest BCUT2D eigenvalue weighted by molar-refractivity contribution is -0.219. The molecule has 0 N–H and O–H groups in total. The Morgan fingerprint density at radius 3 is 2.50 bits per heavy atom. The molecule has 0 aromatic heterocycles. The summed E-state index contributed by atoms with van der Waals surface area (Å²) in [7, 11) is 0. The SMILES string of the molecule is O=C(CN1CN(C(F)(F)F)C=N1)c1ccccc1. The van der Waals surface area contributed by atoms with Gasteiger partial charge in [0.15, 0.2) is 5.78 Å². The molecule has 96 valence electrons. The second-order valence-electron chi connectivity index (χ2n) is 3.76. The molecule has 2 rings (SSSR count). The van der Waals surface area contributed by atoms with Gasteiger partial charge in [0, 0.05) is 5.56 Å². The summed E-state index contributed by atoms with van der Waals surface area (Å²) in [5.74, 6) is -0.267. The number of alkyl halides is 3. The molecule has 0 atom stereocenters. The predicted octanol–water partition coefficient (Wildman–Crippen LogP) is 1.91. The summed E-state index contributed by atoms with van der Waals surface area (Å²) in [4.78, 5) is 11.9. The van der Waals surface area contributed by atoms with Crippen molar-refractivity contribution >= 4 is 12.1 Å². The molecule has 4 nitrogen and oxygen atoms in total. The summed E-state index contributed by atoms with van der Waals surface area (Å²) in [6.45, 7) is -0.630. The van der Waals surface area contributed by atoms with Gasteiger partial charge in [0.2, 0.25) is 0 Å². The number of nitrogens with zero attached hydrogens (tertiary/aromatic N) is 3. The zero-order valence-electron chi connectivity index (χ0n) is 9.26. The molecule has 0 radical (unpaired) electrons. The monoisotopic (exact) mass is 257 g/mol. The number of Topliss-reactive ketones (excluding diaryl/α,β-unsaturated/α-hetero) is 1. The van der Waals surface area contributed by atoms with Crippen LogP contribution in [0.4, 0.5) is 13.2 Å². The van der Waals surface area contributed by atoms with Gasteiger partial charge >= 0.3 is 6.30 Å². The number of halogens is 3. The van der Waals surface area contributed by atoms with Crippen LogP contribution in [0.2, 0.25) is 0 Å². The first-order valence-corrected chi connectivity index (χ1v) is 5.17. The summed E-state index contributed by atoms with van der Waals surface area (Å²) < 4.78 is 37.0. The average molecular weight is 257 g/mol. The van der Waals surface area contributed by atoms with Crippen LogP contribution in [-0.2, 0) is 0 Å². The van der Waals surface area contributed by atoms with Crippen molar-refractivity contribution in [3.63, 3.8) is 0 Å². The van der Waals surface area contributed by atoms with Crippen molar-refractivity contribution in [3.05, 3.63) is 35.9 Å². The van der Waals surface area contributed by atoms with Crippen LogP contribution in [0.5, 0.6) is 0 Å². The maximum Gasteiger partial charge on any atom is 0.487 e. The van der Waals surface area contributed by atoms with Crippen LogP contribution < -0.4 is 0 Å². The van der Waals surface area contributed by atoms with E-state index >= 15 is 0 Å². The first kappa shape index (κ1) is 12.4. The van der Waals surface area contributed by atoms with Gasteiger partial charge < -0.3 is 0 Å². The first-order valence-electron chi connectivity index (χ1n) is 5.17. The first-order chi connectivity index (χ1) is 8.47. The second kappa shape index (κ2) is 4.67. The van der Waals surface area contributed by atoms with Gasteiger partial charge in [-0.05, 0) is 0 Å². The van der Waals surface area contributed by atoms with Crippen LogP contribution in [0.3, 0.4) is 0 Å². The highest BCUT2D eigenvalue weighted by molar-refractivity contribution is 5.97. The maximum absolute atomic E-state index is 12.3. The standard InChI is InChI=1S/C11H10F3N3O/c12-11(13,14)16-7-15-17(8-16)6-10(18)9-4-2-1-3-5-9/h1-5,7H,6,8H2. The van der Waals surface area contributed by atoms with Crippen molar-refractivity contribution in [1.82, 2.24) is 9.91 Å². The molecular formula is C11H10F3N3O. The highest BCUT2D eigenvalue weighted by Crippen LogP contribution is 2.22. The number of carbonyl (C=O) groups excluding carboxylic acids is 1. The molecular weight excluding hydrogens is 247 g/mol. The Kier molecular flexibility index (Phi) is 3.22. The van der Waals surface area contributed by atoms with E-state index in [1.807, 2.05) is 0 Å². The number of benzene rings is 1. The molecule has 0 saturated heterocycles. The number of carbonyl (C=O) groups is 1. The van der Waals surface area contributed by atoms with Crippen molar-refractivity contribution in [2.45, 2.75) is 6.30 Å². The van der Waals surface area contributed by atoms with E-state index in [0.717, 1.165) is 5.01 Å². The zero-order chi connectivity index (χ0) is 13.2. The summed E-state index contributed by atoms with van der Waals surface area (Å²) in [6.07, 6.45) is -3.79. The molecule has 0 aliphatic carbocycles. The normalized spacial score (nSPS) is 15.3. The van der Waals surface area contributed by atoms with E-state index in [1.54, 1.807) is 30.3 Å². The number of hydrogen-bond acceptors (Lipinski definition) is 4. The van der Waals surface area contributed by atoms with Crippen LogP contribution >= 0.6 is 0 Å². The molecule has 0 amide bonds. The number of hydrazone groups is 1. The predicted molar refractivity (Wildman–Crippen MR) is 58.7 cm³/mol. The molecule has 0 saturated carbocycles. The van der Waals surface area contributed by atoms with E-state index < -0.39 is 13.0 Å². The minimum atomic E-state index is -4.46. The molecule has 0 unspecified atom stereocenters. The molecule has 0 fully saturated rings. The van der Waals surface area contributed by atoms with Crippen molar-refractivity contribution in [2.24, 2.45) is 5.10 Å². The molecule has 18 heavy (non-hydrogen) atoms. The summed E-state index contributed by atoms with van der Waals surface area (Å²) in [6, 6.07) is 8.38. The van der Waals surface area contributed by atoms with Crippen LogP contribution in [0, 0.1) is 0 Å². The third-order valence-electron chi connectivity index (χ3n) is 2.42. The third-order valence-corrected chi connectivity index (χ3v) is 2.42. The van der Waals surface area contributed by atoms with Gasteiger partial charge in [-0.3, -0.25) is 14.7 Å². The summed E-state index contributed by atoms with van der Waals surface area (Å²) in [5, 5.41) is 4.61. The third kappa shape index (κ3) is 2.79. The molecule has 1 aromatic carbocycles. The largest absolute Gasteiger partial charge is 0.487 e. The van der Waals surface area contributed by atoms with E-state index in [9.17, 15) is 18.0 Å². The Morgan fingerprint density at radius 2 is 1.94 bits per heavy atom. The Bertz CT molecular complexity index is 458. The van der Waals surface area contributed by atoms with Gasteiger partial charge in [-0.2, -0.15) is 5.10 Å². The van der Waals surface area contributed by atoms with Gasteiger partial charge in [-0.1, -0.05) is 30.3 Å². The van der Waals surface area contributed by atoms with Crippen LogP contribution in [0.25, 0.3) is 0 Å². The zero-order valence-corrected chi connectivity index (χ0v) is 9.26. The quantitative estimate of drug-likeness (QED) is 0.613. The summed E-state index contributed by atoms with van der Waals surface area (Å²) in [5.41, 5.74) is 0.457. The minimum Gasteiger partial charge on any atom is -0.292 e. The van der Waals surface area contributed by atoms with Crippen molar-refractivity contribution in [3.8, 4) is 0 Å². The fourth-order valence-corrected chi connectivity index (χ4v) is 1.50. The topological polar surface area (TPSA) is 35.9 Å². The van der Waals surface area contributed by atoms with Gasteiger partial charge in [-0.25, -0.2) is 0 Å². The lowest BCUT2D eigenvalue weighted by Gasteiger charge is -2.20. The van der Waals surface area contributed by atoms with Crippen LogP contribution in [-0.4, -0.2) is 41.5 Å². The minimum absolute atomic E-state index is 0.116. The van der Waals surface area contributed by atoms with E-state index in [-0.39, 0.29) is 17.2 Å². The van der Waals surface area contributed by atoms with E-state index in [2.05, 4.69) is 5.10 Å². The number of hydrogen-bond donors (Lipinski definition) is 0. The van der Waals surface area contributed by atoms with Gasteiger partial charge in [0.05, 0.1) is 0 Å². The molecule has 7 heteroatoms. The fraction of sp³-hybridized carbons (Fsp3) is 0.273. The fourth-order valence-electron chi connectivity index (χ4n) is 1.50. The maximum atomic E-state index is 12.3. The molecule has 1 aromatic rings. The van der Waals surface area contributed by atoms with Crippen molar-refractivity contribution < 1.29 is 18.0 Å². The van der Waals surface area contributed by atoms with Crippen LogP contribution in [0.1, 0.15) is 10.4 Å². The Labute approximate surface area is 101 Å². The molecule has 0 spiro atoms. The lowest BCUT2D eigenvalue weighted by Crippen LogP contribution is -2.39. The molecule has 1 heterocycles. The van der Waals surface area contributed by atoms with Gasteiger partial charge in [-0.15, -0.1) is 13.2 Å². The smallest absolute Gasteiger partial charge is 0.292 e. The van der Waals surface area contributed by atoms with Crippen LogP contribution in [0.15, 0.2) is 35.4 Å². The lowest BCUT2D eigenvalue weighted by atomic mass is 10.1. The second-order valence-corrected chi connectivity index (χ2v) is 3.76. The molecule has 1 aliphatic heterocycles. The Balaban J connectivity index is 1.94. The van der Waals surface area contributed by atoms with Crippen molar-refractivity contribution in [1.29, 1.82) is 0 Å². The average Bonchev–Trinajstić information content (AvgIpc) is 2.78. The number of rotatable bonds is 3.